The lowest BCUT2D eigenvalue weighted by atomic mass is 10.1. The smallest absolute Gasteiger partial charge is 0.340 e. The fourth-order valence-corrected chi connectivity index (χ4v) is 2.24. The Kier molecular flexibility index (Phi) is 2.56. The van der Waals surface area contributed by atoms with E-state index in [0.29, 0.717) is 16.3 Å². The van der Waals surface area contributed by atoms with E-state index in [2.05, 4.69) is 4.98 Å². The Bertz CT molecular complexity index is 849. The Morgan fingerprint density at radius 2 is 1.95 bits per heavy atom. The maximum atomic E-state index is 12.6. The zero-order chi connectivity index (χ0) is 13.4. The first kappa shape index (κ1) is 11.5. The van der Waals surface area contributed by atoms with Crippen molar-refractivity contribution in [1.29, 1.82) is 0 Å². The van der Waals surface area contributed by atoms with Crippen molar-refractivity contribution in [2.45, 2.75) is 0 Å². The van der Waals surface area contributed by atoms with Gasteiger partial charge in [0.05, 0.1) is 23.6 Å². The molecule has 0 aliphatic carbocycles. The number of nitrogens with one attached hydrogen (secondary N) is 1. The number of hydrogen-bond acceptors (Lipinski definition) is 3. The van der Waals surface area contributed by atoms with Crippen LogP contribution in [0, 0.1) is 0 Å². The molecule has 0 radical (unpaired) electrons. The highest BCUT2D eigenvalue weighted by atomic mass is 16.5. The number of hydrogen-bond donors (Lipinski definition) is 1. The van der Waals surface area contributed by atoms with Gasteiger partial charge in [0.15, 0.2) is 5.43 Å². The molecule has 1 N–H and O–H groups in total. The number of aromatic amines is 1. The number of ether oxygens (including phenoxy) is 1. The first-order chi connectivity index (χ1) is 9.22. The molecule has 1 heterocycles. The SMILES string of the molecule is COC(=O)c1c[nH]c2ccc3ccccc3c(=O)c12. The van der Waals surface area contributed by atoms with E-state index < -0.39 is 5.97 Å². The highest BCUT2D eigenvalue weighted by molar-refractivity contribution is 6.06. The largest absolute Gasteiger partial charge is 0.465 e. The van der Waals surface area contributed by atoms with Crippen LogP contribution in [0.4, 0.5) is 0 Å². The Labute approximate surface area is 108 Å². The van der Waals surface area contributed by atoms with Gasteiger partial charge in [0.2, 0.25) is 0 Å². The third-order valence-corrected chi connectivity index (χ3v) is 3.18. The normalized spacial score (nSPS) is 10.8. The number of carbonyl (C=O) groups is 1. The first-order valence-corrected chi connectivity index (χ1v) is 5.84. The van der Waals surface area contributed by atoms with E-state index in [9.17, 15) is 9.59 Å². The quantitative estimate of drug-likeness (QED) is 0.678. The van der Waals surface area contributed by atoms with Crippen LogP contribution in [0.15, 0.2) is 47.4 Å². The van der Waals surface area contributed by atoms with Crippen LogP contribution in [0.5, 0.6) is 0 Å². The summed E-state index contributed by atoms with van der Waals surface area (Å²) in [6.45, 7) is 0. The van der Waals surface area contributed by atoms with Gasteiger partial charge in [-0.05, 0) is 11.5 Å². The molecule has 19 heavy (non-hydrogen) atoms. The monoisotopic (exact) mass is 253 g/mol. The standard InChI is InChI=1S/C15H11NO3/c1-19-15(18)11-8-16-12-7-6-9-4-2-3-5-10(9)14(17)13(11)12/h2-8,16H,1H3. The Hall–Kier alpha value is -2.62. The summed E-state index contributed by atoms with van der Waals surface area (Å²) in [6, 6.07) is 11.0. The van der Waals surface area contributed by atoms with Crippen molar-refractivity contribution in [2.24, 2.45) is 0 Å². The van der Waals surface area contributed by atoms with Gasteiger partial charge in [-0.3, -0.25) is 4.79 Å². The molecule has 1 aromatic heterocycles. The Morgan fingerprint density at radius 1 is 1.16 bits per heavy atom. The summed E-state index contributed by atoms with van der Waals surface area (Å²) in [6.07, 6.45) is 1.51. The van der Waals surface area contributed by atoms with E-state index in [-0.39, 0.29) is 11.0 Å². The predicted octanol–water partition coefficient (Wildman–Crippen LogP) is 2.47. The van der Waals surface area contributed by atoms with Crippen LogP contribution in [0.3, 0.4) is 0 Å². The molecule has 0 fully saturated rings. The van der Waals surface area contributed by atoms with E-state index >= 15 is 0 Å². The van der Waals surface area contributed by atoms with Gasteiger partial charge in [0.1, 0.15) is 0 Å². The summed E-state index contributed by atoms with van der Waals surface area (Å²) in [4.78, 5) is 27.2. The number of H-pyrrole nitrogens is 1. The average Bonchev–Trinajstić information content (AvgIpc) is 2.82. The van der Waals surface area contributed by atoms with E-state index in [1.807, 2.05) is 18.2 Å². The second-order valence-electron chi connectivity index (χ2n) is 4.23. The van der Waals surface area contributed by atoms with Gasteiger partial charge < -0.3 is 9.72 Å². The molecule has 0 spiro atoms. The Morgan fingerprint density at radius 3 is 2.74 bits per heavy atom. The van der Waals surface area contributed by atoms with Gasteiger partial charge in [-0.2, -0.15) is 0 Å². The van der Waals surface area contributed by atoms with Crippen molar-refractivity contribution < 1.29 is 9.53 Å². The van der Waals surface area contributed by atoms with E-state index in [1.165, 1.54) is 13.3 Å². The van der Waals surface area contributed by atoms with Crippen LogP contribution in [-0.4, -0.2) is 18.1 Å². The summed E-state index contributed by atoms with van der Waals surface area (Å²) in [5.74, 6) is -0.515. The van der Waals surface area contributed by atoms with E-state index in [1.54, 1.807) is 18.2 Å². The van der Waals surface area contributed by atoms with Gasteiger partial charge in [0.25, 0.3) is 0 Å². The minimum Gasteiger partial charge on any atom is -0.465 e. The van der Waals surface area contributed by atoms with Crippen LogP contribution in [-0.2, 0) is 4.74 Å². The number of benzene rings is 1. The number of esters is 1. The molecule has 0 unspecified atom stereocenters. The molecule has 4 heteroatoms. The van der Waals surface area contributed by atoms with Crippen LogP contribution in [0.25, 0.3) is 21.7 Å². The van der Waals surface area contributed by atoms with Crippen LogP contribution in [0.1, 0.15) is 10.4 Å². The number of methoxy groups -OCH3 is 1. The molecular formula is C15H11NO3. The second-order valence-corrected chi connectivity index (χ2v) is 4.23. The van der Waals surface area contributed by atoms with Crippen molar-refractivity contribution in [1.82, 2.24) is 4.98 Å². The van der Waals surface area contributed by atoms with Gasteiger partial charge >= 0.3 is 5.97 Å². The summed E-state index contributed by atoms with van der Waals surface area (Å²) in [7, 11) is 1.30. The molecule has 0 bridgehead atoms. The molecule has 0 atom stereocenters. The molecule has 3 rings (SSSR count). The number of carbonyl (C=O) groups excluding carboxylic acids is 1. The predicted molar refractivity (Wildman–Crippen MR) is 73.4 cm³/mol. The summed E-state index contributed by atoms with van der Waals surface area (Å²) >= 11 is 0. The zero-order valence-electron chi connectivity index (χ0n) is 10.3. The molecule has 3 aromatic rings. The van der Waals surface area contributed by atoms with Gasteiger partial charge in [-0.15, -0.1) is 0 Å². The van der Waals surface area contributed by atoms with Crippen molar-refractivity contribution in [3.8, 4) is 0 Å². The summed E-state index contributed by atoms with van der Waals surface area (Å²) in [5, 5.41) is 1.79. The number of rotatable bonds is 1. The van der Waals surface area contributed by atoms with E-state index in [0.717, 1.165) is 5.39 Å². The van der Waals surface area contributed by atoms with Gasteiger partial charge in [-0.1, -0.05) is 30.3 Å². The zero-order valence-corrected chi connectivity index (χ0v) is 10.3. The maximum Gasteiger partial charge on any atom is 0.340 e. The lowest BCUT2D eigenvalue weighted by Gasteiger charge is -1.94. The molecule has 0 aliphatic rings. The second kappa shape index (κ2) is 4.24. The lowest BCUT2D eigenvalue weighted by Crippen LogP contribution is -2.06. The molecule has 0 amide bonds. The molecule has 2 aromatic carbocycles. The Balaban J connectivity index is 2.54. The van der Waals surface area contributed by atoms with Crippen LogP contribution in [0.2, 0.25) is 0 Å². The van der Waals surface area contributed by atoms with Crippen LogP contribution < -0.4 is 5.43 Å². The van der Waals surface area contributed by atoms with Crippen molar-refractivity contribution in [2.75, 3.05) is 7.11 Å². The average molecular weight is 253 g/mol. The van der Waals surface area contributed by atoms with Gasteiger partial charge in [0, 0.05) is 11.6 Å². The molecular weight excluding hydrogens is 242 g/mol. The van der Waals surface area contributed by atoms with E-state index in [4.69, 9.17) is 4.74 Å². The third-order valence-electron chi connectivity index (χ3n) is 3.18. The van der Waals surface area contributed by atoms with Crippen molar-refractivity contribution in [3.05, 3.63) is 58.4 Å². The van der Waals surface area contributed by atoms with Crippen LogP contribution >= 0.6 is 0 Å². The summed E-state index contributed by atoms with van der Waals surface area (Å²) in [5.41, 5.74) is 0.725. The minimum atomic E-state index is -0.515. The van der Waals surface area contributed by atoms with Crippen molar-refractivity contribution in [3.63, 3.8) is 0 Å². The third kappa shape index (κ3) is 1.69. The van der Waals surface area contributed by atoms with Gasteiger partial charge in [-0.25, -0.2) is 4.79 Å². The fourth-order valence-electron chi connectivity index (χ4n) is 2.24. The molecule has 0 saturated heterocycles. The molecule has 94 valence electrons. The minimum absolute atomic E-state index is 0.169. The highest BCUT2D eigenvalue weighted by Crippen LogP contribution is 2.18. The number of fused-ring (bicyclic) bond motifs is 2. The lowest BCUT2D eigenvalue weighted by molar-refractivity contribution is 0.0603. The molecule has 4 nitrogen and oxygen atoms in total. The van der Waals surface area contributed by atoms with Crippen molar-refractivity contribution >= 4 is 27.6 Å². The first-order valence-electron chi connectivity index (χ1n) is 5.84. The molecule has 0 saturated carbocycles. The fraction of sp³-hybridized carbons (Fsp3) is 0.0667. The number of aromatic nitrogens is 1. The molecule has 0 aliphatic heterocycles. The topological polar surface area (TPSA) is 59.2 Å². The summed E-state index contributed by atoms with van der Waals surface area (Å²) < 4.78 is 4.70. The highest BCUT2D eigenvalue weighted by Gasteiger charge is 2.15. The maximum absolute atomic E-state index is 12.6.